The minimum atomic E-state index is -0.213. The fourth-order valence-electron chi connectivity index (χ4n) is 2.43. The maximum Gasteiger partial charge on any atom is 0.293 e. The first-order chi connectivity index (χ1) is 10.6. The van der Waals surface area contributed by atoms with Crippen molar-refractivity contribution < 1.29 is 9.59 Å². The molecule has 1 saturated heterocycles. The first-order valence-electron chi connectivity index (χ1n) is 7.10. The number of amides is 2. The average molecular weight is 312 g/mol. The molecule has 0 saturated carbocycles. The van der Waals surface area contributed by atoms with Crippen LogP contribution in [0.15, 0.2) is 47.5 Å². The van der Waals surface area contributed by atoms with Gasteiger partial charge in [0, 0.05) is 24.1 Å². The minimum absolute atomic E-state index is 0.201. The van der Waals surface area contributed by atoms with Crippen LogP contribution in [-0.4, -0.2) is 27.2 Å². The van der Waals surface area contributed by atoms with Crippen molar-refractivity contribution in [1.29, 1.82) is 0 Å². The fourth-order valence-corrected chi connectivity index (χ4v) is 3.32. The second-order valence-electron chi connectivity index (χ2n) is 5.07. The van der Waals surface area contributed by atoms with Gasteiger partial charge in [0.05, 0.1) is 4.91 Å². The molecule has 1 aromatic carbocycles. The van der Waals surface area contributed by atoms with Crippen LogP contribution < -0.4 is 0 Å². The van der Waals surface area contributed by atoms with Crippen LogP contribution in [0.5, 0.6) is 0 Å². The molecule has 1 fully saturated rings. The van der Waals surface area contributed by atoms with Crippen LogP contribution in [0.4, 0.5) is 4.79 Å². The summed E-state index contributed by atoms with van der Waals surface area (Å²) in [7, 11) is 0. The van der Waals surface area contributed by atoms with E-state index in [4.69, 9.17) is 0 Å². The third-order valence-electron chi connectivity index (χ3n) is 3.53. The van der Waals surface area contributed by atoms with Crippen molar-refractivity contribution in [2.45, 2.75) is 13.8 Å². The summed E-state index contributed by atoms with van der Waals surface area (Å²) in [5, 5.41) is -0.201. The molecule has 1 aromatic heterocycles. The third kappa shape index (κ3) is 2.60. The van der Waals surface area contributed by atoms with Gasteiger partial charge in [-0.3, -0.25) is 14.5 Å². The summed E-state index contributed by atoms with van der Waals surface area (Å²) in [6.07, 6.45) is 3.73. The number of carbonyl (C=O) groups is 2. The molecule has 0 N–H and O–H groups in total. The molecule has 1 aliphatic heterocycles. The van der Waals surface area contributed by atoms with Crippen LogP contribution in [0.25, 0.3) is 11.8 Å². The number of aromatic nitrogens is 1. The fraction of sp³-hybridized carbons (Fsp3) is 0.176. The average Bonchev–Trinajstić information content (AvgIpc) is 3.05. The Morgan fingerprint density at radius 2 is 2.00 bits per heavy atom. The van der Waals surface area contributed by atoms with E-state index in [1.807, 2.05) is 48.0 Å². The summed E-state index contributed by atoms with van der Waals surface area (Å²) in [5.74, 6) is -0.213. The molecule has 0 atom stereocenters. The maximum absolute atomic E-state index is 12.2. The number of carbonyl (C=O) groups excluding carboxylic acids is 2. The Kier molecular flexibility index (Phi) is 3.90. The van der Waals surface area contributed by atoms with Gasteiger partial charge in [0.1, 0.15) is 0 Å². The molecule has 22 heavy (non-hydrogen) atoms. The summed E-state index contributed by atoms with van der Waals surface area (Å²) in [4.78, 5) is 25.7. The number of likely N-dealkylation sites (N-methyl/N-ethyl adjacent to an activating group) is 1. The zero-order chi connectivity index (χ0) is 15.7. The molecule has 112 valence electrons. The molecule has 3 rings (SSSR count). The zero-order valence-electron chi connectivity index (χ0n) is 12.4. The molecule has 5 heteroatoms. The Hall–Kier alpha value is -2.27. The van der Waals surface area contributed by atoms with E-state index in [0.29, 0.717) is 11.4 Å². The molecule has 1 aliphatic rings. The van der Waals surface area contributed by atoms with Crippen LogP contribution in [0, 0.1) is 6.92 Å². The van der Waals surface area contributed by atoms with Gasteiger partial charge in [-0.25, -0.2) is 0 Å². The van der Waals surface area contributed by atoms with E-state index in [9.17, 15) is 9.59 Å². The van der Waals surface area contributed by atoms with Gasteiger partial charge >= 0.3 is 0 Å². The predicted octanol–water partition coefficient (Wildman–Crippen LogP) is 3.84. The molecule has 2 heterocycles. The second-order valence-corrected chi connectivity index (χ2v) is 6.06. The Morgan fingerprint density at radius 3 is 2.68 bits per heavy atom. The number of hydrogen-bond acceptors (Lipinski definition) is 3. The molecule has 0 aliphatic carbocycles. The zero-order valence-corrected chi connectivity index (χ0v) is 13.3. The molecule has 0 bridgehead atoms. The monoisotopic (exact) mass is 312 g/mol. The first kappa shape index (κ1) is 14.7. The van der Waals surface area contributed by atoms with Gasteiger partial charge in [-0.05, 0) is 61.5 Å². The highest BCUT2D eigenvalue weighted by atomic mass is 32.2. The standard InChI is InChI=1S/C17H16N2O2S/c1-3-18-16(20)15(22-17(18)21)11-14-8-5-9-19(14)13-7-4-6-12(2)10-13/h4-11H,3H2,1-2H3/b15-11+. The summed E-state index contributed by atoms with van der Waals surface area (Å²) in [6, 6.07) is 12.0. The third-order valence-corrected chi connectivity index (χ3v) is 4.44. The lowest BCUT2D eigenvalue weighted by Gasteiger charge is -2.08. The van der Waals surface area contributed by atoms with Gasteiger partial charge in [0.25, 0.3) is 11.1 Å². The molecule has 0 radical (unpaired) electrons. The van der Waals surface area contributed by atoms with Crippen molar-refractivity contribution in [2.75, 3.05) is 6.54 Å². The lowest BCUT2D eigenvalue weighted by atomic mass is 10.2. The van der Waals surface area contributed by atoms with E-state index >= 15 is 0 Å². The lowest BCUT2D eigenvalue weighted by molar-refractivity contribution is -0.122. The van der Waals surface area contributed by atoms with Gasteiger partial charge < -0.3 is 4.57 Å². The normalized spacial score (nSPS) is 16.8. The molecular weight excluding hydrogens is 296 g/mol. The summed E-state index contributed by atoms with van der Waals surface area (Å²) in [5.41, 5.74) is 3.08. The van der Waals surface area contributed by atoms with E-state index in [0.717, 1.165) is 23.1 Å². The van der Waals surface area contributed by atoms with Crippen molar-refractivity contribution in [3.8, 4) is 5.69 Å². The minimum Gasteiger partial charge on any atom is -0.317 e. The molecule has 0 spiro atoms. The predicted molar refractivity (Wildman–Crippen MR) is 88.9 cm³/mol. The Bertz CT molecular complexity index is 776. The Labute approximate surface area is 133 Å². The quantitative estimate of drug-likeness (QED) is 0.809. The van der Waals surface area contributed by atoms with E-state index in [2.05, 4.69) is 6.07 Å². The second kappa shape index (κ2) is 5.85. The Balaban J connectivity index is 1.98. The molecule has 0 unspecified atom stereocenters. The number of benzene rings is 1. The Morgan fingerprint density at radius 1 is 1.18 bits per heavy atom. The number of thioether (sulfide) groups is 1. The van der Waals surface area contributed by atoms with E-state index < -0.39 is 0 Å². The van der Waals surface area contributed by atoms with Crippen LogP contribution in [0.3, 0.4) is 0 Å². The topological polar surface area (TPSA) is 42.3 Å². The van der Waals surface area contributed by atoms with Gasteiger partial charge in [0.2, 0.25) is 0 Å². The smallest absolute Gasteiger partial charge is 0.293 e. The highest BCUT2D eigenvalue weighted by molar-refractivity contribution is 8.18. The first-order valence-corrected chi connectivity index (χ1v) is 7.91. The number of aryl methyl sites for hydroxylation is 1. The van der Waals surface area contributed by atoms with E-state index in [1.54, 1.807) is 13.0 Å². The molecular formula is C17H16N2O2S. The summed E-state index contributed by atoms with van der Waals surface area (Å²) < 4.78 is 2.01. The van der Waals surface area contributed by atoms with Crippen LogP contribution in [0.2, 0.25) is 0 Å². The number of nitrogens with zero attached hydrogens (tertiary/aromatic N) is 2. The number of hydrogen-bond donors (Lipinski definition) is 0. The van der Waals surface area contributed by atoms with E-state index in [-0.39, 0.29) is 11.1 Å². The van der Waals surface area contributed by atoms with Gasteiger partial charge in [-0.2, -0.15) is 0 Å². The van der Waals surface area contributed by atoms with Crippen LogP contribution in [-0.2, 0) is 4.79 Å². The number of imide groups is 1. The van der Waals surface area contributed by atoms with Crippen LogP contribution >= 0.6 is 11.8 Å². The van der Waals surface area contributed by atoms with Crippen molar-refractivity contribution in [3.63, 3.8) is 0 Å². The summed E-state index contributed by atoms with van der Waals surface area (Å²) >= 11 is 0.997. The van der Waals surface area contributed by atoms with Crippen molar-refractivity contribution in [1.82, 2.24) is 9.47 Å². The van der Waals surface area contributed by atoms with Gasteiger partial charge in [0.15, 0.2) is 0 Å². The van der Waals surface area contributed by atoms with Gasteiger partial charge in [-0.1, -0.05) is 12.1 Å². The SMILES string of the molecule is CCN1C(=O)S/C(=C/c2cccn2-c2cccc(C)c2)C1=O. The van der Waals surface area contributed by atoms with E-state index in [1.165, 1.54) is 10.5 Å². The highest BCUT2D eigenvalue weighted by Gasteiger charge is 2.33. The number of rotatable bonds is 3. The molecule has 2 aromatic rings. The lowest BCUT2D eigenvalue weighted by Crippen LogP contribution is -2.27. The maximum atomic E-state index is 12.2. The molecule has 4 nitrogen and oxygen atoms in total. The highest BCUT2D eigenvalue weighted by Crippen LogP contribution is 2.32. The van der Waals surface area contributed by atoms with Crippen molar-refractivity contribution in [2.24, 2.45) is 0 Å². The van der Waals surface area contributed by atoms with Crippen LogP contribution in [0.1, 0.15) is 18.2 Å². The summed E-state index contributed by atoms with van der Waals surface area (Å²) in [6.45, 7) is 4.24. The van der Waals surface area contributed by atoms with Crippen molar-refractivity contribution in [3.05, 3.63) is 58.8 Å². The van der Waals surface area contributed by atoms with Gasteiger partial charge in [-0.15, -0.1) is 0 Å². The van der Waals surface area contributed by atoms with Crippen molar-refractivity contribution >= 4 is 29.0 Å². The largest absolute Gasteiger partial charge is 0.317 e. The molecule has 2 amide bonds.